The van der Waals surface area contributed by atoms with E-state index in [4.69, 9.17) is 23.8 Å². The molecular formula is C17H26ClN5O2S. The first kappa shape index (κ1) is 22.1. The van der Waals surface area contributed by atoms with Gasteiger partial charge in [-0.15, -0.1) is 0 Å². The van der Waals surface area contributed by atoms with Gasteiger partial charge in [0.15, 0.2) is 5.11 Å². The molecule has 0 unspecified atom stereocenters. The van der Waals surface area contributed by atoms with Gasteiger partial charge in [-0.1, -0.05) is 44.7 Å². The lowest BCUT2D eigenvalue weighted by Gasteiger charge is -2.15. The van der Waals surface area contributed by atoms with E-state index in [-0.39, 0.29) is 12.2 Å². The molecule has 1 heterocycles. The van der Waals surface area contributed by atoms with Gasteiger partial charge in [0, 0.05) is 17.8 Å². The van der Waals surface area contributed by atoms with Crippen molar-refractivity contribution in [2.45, 2.75) is 39.5 Å². The van der Waals surface area contributed by atoms with Gasteiger partial charge in [0.1, 0.15) is 5.69 Å². The zero-order valence-electron chi connectivity index (χ0n) is 15.1. The molecule has 0 aromatic carbocycles. The zero-order valence-corrected chi connectivity index (χ0v) is 16.7. The summed E-state index contributed by atoms with van der Waals surface area (Å²) in [7, 11) is 0. The third-order valence-electron chi connectivity index (χ3n) is 3.59. The topological polar surface area (TPSA) is 95.1 Å². The molecule has 0 bridgehead atoms. The minimum absolute atomic E-state index is 0.146. The summed E-state index contributed by atoms with van der Waals surface area (Å²) >= 11 is 10.9. The van der Waals surface area contributed by atoms with Crippen molar-refractivity contribution in [3.05, 3.63) is 29.0 Å². The van der Waals surface area contributed by atoms with E-state index in [2.05, 4.69) is 40.3 Å². The molecule has 26 heavy (non-hydrogen) atoms. The molecule has 1 aromatic rings. The van der Waals surface area contributed by atoms with Crippen LogP contribution in [0.4, 0.5) is 0 Å². The highest BCUT2D eigenvalue weighted by Crippen LogP contribution is 2.08. The fourth-order valence-corrected chi connectivity index (χ4v) is 2.40. The summed E-state index contributed by atoms with van der Waals surface area (Å²) in [5, 5.41) is 6.24. The van der Waals surface area contributed by atoms with Crippen LogP contribution >= 0.6 is 23.8 Å². The minimum atomic E-state index is -0.482. The number of rotatable bonds is 9. The molecule has 0 aliphatic carbocycles. The zero-order chi connectivity index (χ0) is 19.4. The summed E-state index contributed by atoms with van der Waals surface area (Å²) in [4.78, 5) is 27.5. The lowest BCUT2D eigenvalue weighted by molar-refractivity contribution is -0.120. The molecule has 1 aromatic heterocycles. The Kier molecular flexibility index (Phi) is 10.6. The molecule has 0 radical (unpaired) electrons. The van der Waals surface area contributed by atoms with E-state index in [0.717, 1.165) is 13.0 Å². The van der Waals surface area contributed by atoms with E-state index >= 15 is 0 Å². The van der Waals surface area contributed by atoms with Gasteiger partial charge in [-0.2, -0.15) is 0 Å². The van der Waals surface area contributed by atoms with E-state index in [0.29, 0.717) is 16.1 Å². The maximum absolute atomic E-state index is 11.9. The predicted molar refractivity (Wildman–Crippen MR) is 107 cm³/mol. The van der Waals surface area contributed by atoms with Gasteiger partial charge in [-0.3, -0.25) is 25.4 Å². The maximum Gasteiger partial charge on any atom is 0.270 e. The highest BCUT2D eigenvalue weighted by Gasteiger charge is 2.10. The number of carbonyl (C=O) groups is 2. The number of hydrogen-bond acceptors (Lipinski definition) is 4. The Morgan fingerprint density at radius 2 is 2.04 bits per heavy atom. The quantitative estimate of drug-likeness (QED) is 0.289. The van der Waals surface area contributed by atoms with Crippen LogP contribution in [0.1, 0.15) is 50.0 Å². The van der Waals surface area contributed by atoms with Gasteiger partial charge in [-0.05, 0) is 36.7 Å². The summed E-state index contributed by atoms with van der Waals surface area (Å²) in [6.45, 7) is 4.86. The summed E-state index contributed by atoms with van der Waals surface area (Å²) in [6, 6.07) is 2.99. The highest BCUT2D eigenvalue weighted by molar-refractivity contribution is 7.80. The molecule has 0 aliphatic heterocycles. The van der Waals surface area contributed by atoms with Crippen molar-refractivity contribution in [3.8, 4) is 0 Å². The third kappa shape index (κ3) is 9.53. The summed E-state index contributed by atoms with van der Waals surface area (Å²) in [6.07, 6.45) is 6.21. The Labute approximate surface area is 164 Å². The molecule has 0 spiro atoms. The van der Waals surface area contributed by atoms with E-state index in [9.17, 15) is 9.59 Å². The average molecular weight is 400 g/mol. The van der Waals surface area contributed by atoms with Crippen molar-refractivity contribution in [1.29, 1.82) is 0 Å². The summed E-state index contributed by atoms with van der Waals surface area (Å²) in [5.74, 6) is -0.411. The lowest BCUT2D eigenvalue weighted by atomic mass is 10.0. The van der Waals surface area contributed by atoms with E-state index in [1.807, 2.05) is 0 Å². The molecule has 144 valence electrons. The van der Waals surface area contributed by atoms with Gasteiger partial charge in [0.05, 0.1) is 6.54 Å². The Morgan fingerprint density at radius 1 is 1.27 bits per heavy atom. The third-order valence-corrected chi connectivity index (χ3v) is 4.07. The molecule has 7 nitrogen and oxygen atoms in total. The molecule has 0 aliphatic rings. The van der Waals surface area contributed by atoms with Crippen LogP contribution in [-0.4, -0.2) is 35.0 Å². The Morgan fingerprint density at radius 3 is 2.73 bits per heavy atom. The number of nitrogens with one attached hydrogen (secondary N) is 4. The largest absolute Gasteiger partial charge is 0.361 e. The van der Waals surface area contributed by atoms with Crippen LogP contribution in [0.3, 0.4) is 0 Å². The van der Waals surface area contributed by atoms with Crippen LogP contribution in [0.2, 0.25) is 5.02 Å². The smallest absolute Gasteiger partial charge is 0.270 e. The number of nitrogens with zero attached hydrogens (tertiary/aromatic N) is 1. The number of carbonyl (C=O) groups excluding carboxylic acids is 2. The fourth-order valence-electron chi connectivity index (χ4n) is 2.11. The first-order valence-corrected chi connectivity index (χ1v) is 9.43. The molecule has 1 atom stereocenters. The van der Waals surface area contributed by atoms with Crippen molar-refractivity contribution >= 4 is 40.7 Å². The number of unbranched alkanes of at least 4 members (excludes halogenated alkanes) is 2. The lowest BCUT2D eigenvalue weighted by Crippen LogP contribution is -2.50. The van der Waals surface area contributed by atoms with Gasteiger partial charge in [0.25, 0.3) is 11.8 Å². The van der Waals surface area contributed by atoms with Crippen molar-refractivity contribution in [2.24, 2.45) is 5.92 Å². The molecule has 0 saturated heterocycles. The van der Waals surface area contributed by atoms with Crippen LogP contribution in [0.5, 0.6) is 0 Å². The molecule has 0 fully saturated rings. The number of aromatic nitrogens is 1. The van der Waals surface area contributed by atoms with Gasteiger partial charge < -0.3 is 10.6 Å². The van der Waals surface area contributed by atoms with E-state index < -0.39 is 11.8 Å². The van der Waals surface area contributed by atoms with Crippen LogP contribution < -0.4 is 21.5 Å². The SMILES string of the molecule is CCCCC[C@H](C)CNC(=S)NNC(=O)CNC(=O)c1cc(Cl)ccn1. The van der Waals surface area contributed by atoms with Crippen molar-refractivity contribution in [1.82, 2.24) is 26.5 Å². The van der Waals surface area contributed by atoms with Crippen molar-refractivity contribution in [2.75, 3.05) is 13.1 Å². The van der Waals surface area contributed by atoms with Gasteiger partial charge >= 0.3 is 0 Å². The van der Waals surface area contributed by atoms with Crippen molar-refractivity contribution < 1.29 is 9.59 Å². The van der Waals surface area contributed by atoms with Crippen molar-refractivity contribution in [3.63, 3.8) is 0 Å². The van der Waals surface area contributed by atoms with E-state index in [1.165, 1.54) is 31.5 Å². The van der Waals surface area contributed by atoms with Crippen LogP contribution in [0, 0.1) is 5.92 Å². The van der Waals surface area contributed by atoms with Crippen LogP contribution in [-0.2, 0) is 4.79 Å². The van der Waals surface area contributed by atoms with Crippen LogP contribution in [0.25, 0.3) is 0 Å². The number of halogens is 1. The van der Waals surface area contributed by atoms with Gasteiger partial charge in [-0.25, -0.2) is 0 Å². The molecule has 4 N–H and O–H groups in total. The van der Waals surface area contributed by atoms with Gasteiger partial charge in [0.2, 0.25) is 0 Å². The Hall–Kier alpha value is -1.93. The number of pyridine rings is 1. The number of hydrazine groups is 1. The number of thiocarbonyl (C=S) groups is 1. The molecule has 0 saturated carbocycles. The maximum atomic E-state index is 11.9. The van der Waals surface area contributed by atoms with Crippen LogP contribution in [0.15, 0.2) is 18.3 Å². The summed E-state index contributed by atoms with van der Waals surface area (Å²) in [5.41, 5.74) is 5.18. The second-order valence-electron chi connectivity index (χ2n) is 6.03. The van der Waals surface area contributed by atoms with E-state index in [1.54, 1.807) is 6.07 Å². The average Bonchev–Trinajstić information content (AvgIpc) is 2.62. The summed E-state index contributed by atoms with van der Waals surface area (Å²) < 4.78 is 0. The molecular weight excluding hydrogens is 374 g/mol. The standard InChI is InChI=1S/C17H26ClN5O2S/c1-3-4-5-6-12(2)10-21-17(26)23-22-15(24)11-20-16(25)14-9-13(18)7-8-19-14/h7-9,12H,3-6,10-11H2,1-2H3,(H,20,25)(H,22,24)(H2,21,23,26)/t12-/m0/s1. The first-order chi connectivity index (χ1) is 12.4. The monoisotopic (exact) mass is 399 g/mol. The second-order valence-corrected chi connectivity index (χ2v) is 6.87. The second kappa shape index (κ2) is 12.4. The molecule has 9 heteroatoms. The number of amides is 2. The molecule has 2 amide bonds. The molecule has 1 rings (SSSR count). The Bertz CT molecular complexity index is 615. The first-order valence-electron chi connectivity index (χ1n) is 8.64. The highest BCUT2D eigenvalue weighted by atomic mass is 35.5. The minimum Gasteiger partial charge on any atom is -0.361 e. The predicted octanol–water partition coefficient (Wildman–Crippen LogP) is 2.18. The number of hydrogen-bond donors (Lipinski definition) is 4. The normalized spacial score (nSPS) is 11.3. The fraction of sp³-hybridized carbons (Fsp3) is 0.529. The Balaban J connectivity index is 2.19.